The molecule has 20 heavy (non-hydrogen) atoms. The Bertz CT molecular complexity index is 592. The number of rotatable bonds is 5. The van der Waals surface area contributed by atoms with E-state index >= 15 is 0 Å². The van der Waals surface area contributed by atoms with Crippen LogP contribution in [-0.4, -0.2) is 28.0 Å². The van der Waals surface area contributed by atoms with E-state index in [9.17, 15) is 21.6 Å². The van der Waals surface area contributed by atoms with Crippen LogP contribution in [0.25, 0.3) is 0 Å². The first-order chi connectivity index (χ1) is 9.02. The van der Waals surface area contributed by atoms with E-state index in [-0.39, 0.29) is 15.8 Å². The third-order valence-electron chi connectivity index (χ3n) is 1.92. The van der Waals surface area contributed by atoms with Gasteiger partial charge in [0.25, 0.3) is 0 Å². The molecule has 0 radical (unpaired) electrons. The van der Waals surface area contributed by atoms with Crippen molar-refractivity contribution in [1.82, 2.24) is 0 Å². The summed E-state index contributed by atoms with van der Waals surface area (Å²) in [6.07, 6.45) is -4.76. The van der Waals surface area contributed by atoms with Crippen LogP contribution in [0.4, 0.5) is 13.2 Å². The summed E-state index contributed by atoms with van der Waals surface area (Å²) < 4.78 is 65.8. The van der Waals surface area contributed by atoms with Crippen molar-refractivity contribution in [1.29, 1.82) is 0 Å². The number of benzene rings is 1. The molecule has 0 spiro atoms. The monoisotopic (exact) mass is 353 g/mol. The summed E-state index contributed by atoms with van der Waals surface area (Å²) in [5.74, 6) is -0.0881. The fourth-order valence-electron chi connectivity index (χ4n) is 1.15. The molecule has 0 aliphatic heterocycles. The van der Waals surface area contributed by atoms with E-state index in [0.29, 0.717) is 0 Å². The van der Waals surface area contributed by atoms with Crippen LogP contribution in [0.5, 0.6) is 5.75 Å². The van der Waals surface area contributed by atoms with E-state index in [1.54, 1.807) is 0 Å². The van der Waals surface area contributed by atoms with Crippen molar-refractivity contribution in [2.24, 2.45) is 5.14 Å². The van der Waals surface area contributed by atoms with E-state index in [4.69, 9.17) is 33.1 Å². The van der Waals surface area contributed by atoms with Crippen molar-refractivity contribution < 1.29 is 31.1 Å². The summed E-state index contributed by atoms with van der Waals surface area (Å²) >= 11 is 11.4. The molecule has 0 heterocycles. The van der Waals surface area contributed by atoms with Crippen molar-refractivity contribution in [2.75, 3.05) is 13.2 Å². The molecule has 0 saturated heterocycles. The van der Waals surface area contributed by atoms with Crippen molar-refractivity contribution in [3.05, 3.63) is 22.2 Å². The SMILES string of the molecule is NS(=O)(=O)c1ccc(OCCOC(F)(F)F)c(Cl)c1Cl. The van der Waals surface area contributed by atoms with Crippen molar-refractivity contribution in [3.8, 4) is 5.75 Å². The van der Waals surface area contributed by atoms with Gasteiger partial charge in [-0.15, -0.1) is 13.2 Å². The summed E-state index contributed by atoms with van der Waals surface area (Å²) in [6, 6.07) is 2.16. The standard InChI is InChI=1S/C9H8Cl2F3NO4S/c10-7-5(18-3-4-19-9(12,13)14)1-2-6(8(7)11)20(15,16)17/h1-2H,3-4H2,(H2,15,16,17). The Balaban J connectivity index is 2.77. The number of hydrogen-bond donors (Lipinski definition) is 1. The lowest BCUT2D eigenvalue weighted by Gasteiger charge is -2.12. The minimum atomic E-state index is -4.76. The number of hydrogen-bond acceptors (Lipinski definition) is 4. The van der Waals surface area contributed by atoms with E-state index in [1.165, 1.54) is 0 Å². The van der Waals surface area contributed by atoms with Gasteiger partial charge in [-0.3, -0.25) is 4.74 Å². The van der Waals surface area contributed by atoms with E-state index in [1.807, 2.05) is 0 Å². The zero-order valence-electron chi connectivity index (χ0n) is 9.58. The second kappa shape index (κ2) is 6.35. The van der Waals surface area contributed by atoms with Crippen molar-refractivity contribution >= 4 is 33.2 Å². The molecule has 0 aromatic heterocycles. The first-order valence-electron chi connectivity index (χ1n) is 4.86. The van der Waals surface area contributed by atoms with Gasteiger partial charge in [0, 0.05) is 0 Å². The maximum atomic E-state index is 11.7. The highest BCUT2D eigenvalue weighted by Crippen LogP contribution is 2.36. The predicted octanol–water partition coefficient (Wildman–Crippen LogP) is 2.56. The quantitative estimate of drug-likeness (QED) is 0.825. The number of nitrogens with two attached hydrogens (primary N) is 1. The zero-order valence-corrected chi connectivity index (χ0v) is 11.9. The summed E-state index contributed by atoms with van der Waals surface area (Å²) in [5.41, 5.74) is 0. The van der Waals surface area contributed by atoms with Gasteiger partial charge in [-0.2, -0.15) is 0 Å². The first kappa shape index (κ1) is 17.3. The largest absolute Gasteiger partial charge is 0.522 e. The fourth-order valence-corrected chi connectivity index (χ4v) is 2.52. The number of alkyl halides is 3. The molecular formula is C9H8Cl2F3NO4S. The molecule has 2 N–H and O–H groups in total. The Hall–Kier alpha value is -0.740. The highest BCUT2D eigenvalue weighted by molar-refractivity contribution is 7.89. The molecule has 0 atom stereocenters. The second-order valence-corrected chi connectivity index (χ2v) is 5.66. The zero-order chi connectivity index (χ0) is 15.6. The van der Waals surface area contributed by atoms with E-state index in [2.05, 4.69) is 4.74 Å². The summed E-state index contributed by atoms with van der Waals surface area (Å²) in [7, 11) is -4.06. The molecule has 114 valence electrons. The lowest BCUT2D eigenvalue weighted by Crippen LogP contribution is -2.18. The molecular weight excluding hydrogens is 346 g/mol. The molecule has 0 aliphatic rings. The minimum Gasteiger partial charge on any atom is -0.490 e. The van der Waals surface area contributed by atoms with E-state index < -0.39 is 34.5 Å². The molecule has 0 unspecified atom stereocenters. The number of halogens is 5. The van der Waals surface area contributed by atoms with E-state index in [0.717, 1.165) is 12.1 Å². The average molecular weight is 354 g/mol. The molecule has 0 aliphatic carbocycles. The maximum Gasteiger partial charge on any atom is 0.522 e. The molecule has 5 nitrogen and oxygen atoms in total. The molecule has 1 rings (SSSR count). The van der Waals surface area contributed by atoms with Gasteiger partial charge in [0.05, 0.1) is 11.6 Å². The third-order valence-corrected chi connectivity index (χ3v) is 3.85. The van der Waals surface area contributed by atoms with Gasteiger partial charge in [-0.25, -0.2) is 13.6 Å². The maximum absolute atomic E-state index is 11.7. The Morgan fingerprint density at radius 2 is 1.75 bits per heavy atom. The van der Waals surface area contributed by atoms with Crippen LogP contribution in [0.1, 0.15) is 0 Å². The van der Waals surface area contributed by atoms with Crippen LogP contribution >= 0.6 is 23.2 Å². The Labute approximate surface area is 122 Å². The molecule has 0 fully saturated rings. The highest BCUT2D eigenvalue weighted by Gasteiger charge is 2.28. The highest BCUT2D eigenvalue weighted by atomic mass is 35.5. The normalized spacial score (nSPS) is 12.5. The smallest absolute Gasteiger partial charge is 0.490 e. The predicted molar refractivity (Wildman–Crippen MR) is 65.3 cm³/mol. The van der Waals surface area contributed by atoms with Crippen LogP contribution in [0.3, 0.4) is 0 Å². The van der Waals surface area contributed by atoms with Crippen molar-refractivity contribution in [2.45, 2.75) is 11.3 Å². The average Bonchev–Trinajstić information content (AvgIpc) is 2.26. The minimum absolute atomic E-state index is 0.0881. The number of ether oxygens (including phenoxy) is 2. The van der Waals surface area contributed by atoms with Gasteiger partial charge in [0.1, 0.15) is 22.3 Å². The van der Waals surface area contributed by atoms with Crippen LogP contribution < -0.4 is 9.88 Å². The lowest BCUT2D eigenvalue weighted by molar-refractivity contribution is -0.325. The Morgan fingerprint density at radius 3 is 2.25 bits per heavy atom. The molecule has 0 bridgehead atoms. The summed E-state index contributed by atoms with van der Waals surface area (Å²) in [4.78, 5) is -0.414. The Morgan fingerprint density at radius 1 is 1.15 bits per heavy atom. The van der Waals surface area contributed by atoms with Gasteiger partial charge in [-0.1, -0.05) is 23.2 Å². The van der Waals surface area contributed by atoms with Crippen molar-refractivity contribution in [3.63, 3.8) is 0 Å². The van der Waals surface area contributed by atoms with Crippen LogP contribution in [0, 0.1) is 0 Å². The van der Waals surface area contributed by atoms with Crippen LogP contribution in [0.2, 0.25) is 10.0 Å². The Kier molecular flexibility index (Phi) is 5.50. The fraction of sp³-hybridized carbons (Fsp3) is 0.333. The second-order valence-electron chi connectivity index (χ2n) is 3.38. The molecule has 0 amide bonds. The van der Waals surface area contributed by atoms with Gasteiger partial charge in [0.2, 0.25) is 10.0 Å². The van der Waals surface area contributed by atoms with Crippen LogP contribution in [0.15, 0.2) is 17.0 Å². The van der Waals surface area contributed by atoms with Gasteiger partial charge in [-0.05, 0) is 12.1 Å². The van der Waals surface area contributed by atoms with Gasteiger partial charge < -0.3 is 4.74 Å². The molecule has 1 aromatic rings. The lowest BCUT2D eigenvalue weighted by atomic mass is 10.3. The van der Waals surface area contributed by atoms with Gasteiger partial charge >= 0.3 is 6.36 Å². The first-order valence-corrected chi connectivity index (χ1v) is 7.17. The van der Waals surface area contributed by atoms with Crippen LogP contribution in [-0.2, 0) is 14.8 Å². The summed E-state index contributed by atoms with van der Waals surface area (Å²) in [5, 5.41) is 4.24. The number of sulfonamides is 1. The molecule has 0 saturated carbocycles. The topological polar surface area (TPSA) is 78.6 Å². The molecule has 11 heteroatoms. The molecule has 1 aromatic carbocycles. The number of primary sulfonamides is 1. The summed E-state index contributed by atoms with van der Waals surface area (Å²) in [6.45, 7) is -1.21. The van der Waals surface area contributed by atoms with Gasteiger partial charge in [0.15, 0.2) is 0 Å². The third kappa shape index (κ3) is 4.98.